The third kappa shape index (κ3) is 4.01. The van der Waals surface area contributed by atoms with Gasteiger partial charge in [-0.05, 0) is 42.3 Å². The first-order valence-corrected chi connectivity index (χ1v) is 10.3. The van der Waals surface area contributed by atoms with Crippen molar-refractivity contribution in [2.75, 3.05) is 11.0 Å². The van der Waals surface area contributed by atoms with E-state index in [1.165, 1.54) is 10.9 Å². The van der Waals surface area contributed by atoms with Crippen LogP contribution in [0.25, 0.3) is 22.4 Å². The van der Waals surface area contributed by atoms with Crippen LogP contribution in [0.4, 0.5) is 5.69 Å². The van der Waals surface area contributed by atoms with Crippen LogP contribution in [-0.4, -0.2) is 29.9 Å². The minimum atomic E-state index is -3.30. The molecule has 2 aromatic heterocycles. The summed E-state index contributed by atoms with van der Waals surface area (Å²) in [5, 5.41) is 9.41. The van der Waals surface area contributed by atoms with Gasteiger partial charge in [0.15, 0.2) is 0 Å². The van der Waals surface area contributed by atoms with Crippen molar-refractivity contribution in [2.45, 2.75) is 12.8 Å². The minimum absolute atomic E-state index is 0.412. The predicted octanol–water partition coefficient (Wildman–Crippen LogP) is 3.37. The summed E-state index contributed by atoms with van der Waals surface area (Å²) in [6.07, 6.45) is 4.56. The Balaban J connectivity index is 1.45. The normalized spacial score (nSPS) is 11.7. The second kappa shape index (κ2) is 6.88. The Bertz CT molecular complexity index is 1180. The molecule has 0 aliphatic carbocycles. The molecule has 0 aliphatic heterocycles. The summed E-state index contributed by atoms with van der Waals surface area (Å²) in [4.78, 5) is 3.26. The van der Waals surface area contributed by atoms with Gasteiger partial charge in [-0.2, -0.15) is 0 Å². The summed E-state index contributed by atoms with van der Waals surface area (Å²) in [5.41, 5.74) is 3.54. The molecule has 0 fully saturated rings. The zero-order valence-electron chi connectivity index (χ0n) is 14.6. The maximum atomic E-state index is 11.3. The zero-order chi connectivity index (χ0) is 18.9. The molecule has 0 saturated heterocycles. The van der Waals surface area contributed by atoms with E-state index in [0.717, 1.165) is 23.8 Å². The van der Waals surface area contributed by atoms with Gasteiger partial charge in [-0.15, -0.1) is 10.2 Å². The lowest BCUT2D eigenvalue weighted by molar-refractivity contribution is 0.505. The molecule has 0 spiro atoms. The third-order valence-electron chi connectivity index (χ3n) is 4.19. The molecule has 27 heavy (non-hydrogen) atoms. The molecule has 8 heteroatoms. The maximum absolute atomic E-state index is 11.3. The lowest BCUT2D eigenvalue weighted by Crippen LogP contribution is -2.09. The monoisotopic (exact) mass is 382 g/mol. The van der Waals surface area contributed by atoms with Crippen LogP contribution >= 0.6 is 0 Å². The van der Waals surface area contributed by atoms with Gasteiger partial charge < -0.3 is 9.40 Å². The van der Waals surface area contributed by atoms with Gasteiger partial charge in [0.25, 0.3) is 0 Å². The Morgan fingerprint density at radius 1 is 1.04 bits per heavy atom. The van der Waals surface area contributed by atoms with Crippen molar-refractivity contribution in [2.24, 2.45) is 0 Å². The number of nitrogens with one attached hydrogen (secondary N) is 2. The van der Waals surface area contributed by atoms with E-state index in [-0.39, 0.29) is 0 Å². The molecule has 4 aromatic rings. The van der Waals surface area contributed by atoms with Gasteiger partial charge in [0.1, 0.15) is 0 Å². The summed E-state index contributed by atoms with van der Waals surface area (Å²) < 4.78 is 30.7. The number of fused-ring (bicyclic) bond motifs is 1. The third-order valence-corrected chi connectivity index (χ3v) is 4.79. The fourth-order valence-corrected chi connectivity index (χ4v) is 3.51. The molecule has 0 bridgehead atoms. The molecule has 2 aromatic carbocycles. The number of sulfonamides is 1. The van der Waals surface area contributed by atoms with Crippen LogP contribution < -0.4 is 4.72 Å². The SMILES string of the molecule is CS(=O)(=O)Nc1ccc(-c2nnc(CCc3c[nH]c4ccccc34)o2)cc1. The number of hydrogen-bond acceptors (Lipinski definition) is 5. The largest absolute Gasteiger partial charge is 0.421 e. The fraction of sp³-hybridized carbons (Fsp3) is 0.158. The molecule has 7 nitrogen and oxygen atoms in total. The number of hydrogen-bond donors (Lipinski definition) is 2. The average Bonchev–Trinajstić information content (AvgIpc) is 3.26. The highest BCUT2D eigenvalue weighted by atomic mass is 32.2. The molecule has 4 rings (SSSR count). The quantitative estimate of drug-likeness (QED) is 0.532. The summed E-state index contributed by atoms with van der Waals surface area (Å²) >= 11 is 0. The van der Waals surface area contributed by atoms with E-state index in [0.29, 0.717) is 23.9 Å². The first-order valence-electron chi connectivity index (χ1n) is 8.43. The van der Waals surface area contributed by atoms with Gasteiger partial charge in [0, 0.05) is 34.8 Å². The molecular weight excluding hydrogens is 364 g/mol. The Morgan fingerprint density at radius 3 is 2.59 bits per heavy atom. The first kappa shape index (κ1) is 17.3. The van der Waals surface area contributed by atoms with Crippen molar-refractivity contribution in [1.29, 1.82) is 0 Å². The average molecular weight is 382 g/mol. The summed E-state index contributed by atoms with van der Waals surface area (Å²) in [6, 6.07) is 15.0. The van der Waals surface area contributed by atoms with E-state index in [1.807, 2.05) is 24.4 Å². The number of rotatable bonds is 6. The number of benzene rings is 2. The zero-order valence-corrected chi connectivity index (χ0v) is 15.5. The van der Waals surface area contributed by atoms with Gasteiger partial charge in [-0.25, -0.2) is 8.42 Å². The molecule has 0 aliphatic rings. The van der Waals surface area contributed by atoms with Crippen molar-refractivity contribution in [3.8, 4) is 11.5 Å². The van der Waals surface area contributed by atoms with Crippen LogP contribution in [0.2, 0.25) is 0 Å². The van der Waals surface area contributed by atoms with Crippen molar-refractivity contribution >= 4 is 26.6 Å². The fourth-order valence-electron chi connectivity index (χ4n) is 2.95. The number of aromatic amines is 1. The van der Waals surface area contributed by atoms with E-state index in [4.69, 9.17) is 4.42 Å². The summed E-state index contributed by atoms with van der Waals surface area (Å²) in [6.45, 7) is 0. The molecule has 0 atom stereocenters. The topological polar surface area (TPSA) is 101 Å². The molecular formula is C19H18N4O3S. The summed E-state index contributed by atoms with van der Waals surface area (Å²) in [7, 11) is -3.30. The maximum Gasteiger partial charge on any atom is 0.247 e. The van der Waals surface area contributed by atoms with E-state index >= 15 is 0 Å². The van der Waals surface area contributed by atoms with Gasteiger partial charge in [-0.3, -0.25) is 4.72 Å². The second-order valence-electron chi connectivity index (χ2n) is 6.31. The van der Waals surface area contributed by atoms with Crippen LogP contribution in [0.1, 0.15) is 11.5 Å². The summed E-state index contributed by atoms with van der Waals surface area (Å²) in [5.74, 6) is 0.975. The second-order valence-corrected chi connectivity index (χ2v) is 8.06. The van der Waals surface area contributed by atoms with Gasteiger partial charge in [0.05, 0.1) is 6.26 Å². The molecule has 0 amide bonds. The number of H-pyrrole nitrogens is 1. The molecule has 2 heterocycles. The predicted molar refractivity (Wildman–Crippen MR) is 104 cm³/mol. The Morgan fingerprint density at radius 2 is 1.81 bits per heavy atom. The molecule has 138 valence electrons. The smallest absolute Gasteiger partial charge is 0.247 e. The van der Waals surface area contributed by atoms with Crippen LogP contribution in [0.3, 0.4) is 0 Å². The minimum Gasteiger partial charge on any atom is -0.421 e. The van der Waals surface area contributed by atoms with Gasteiger partial charge in [-0.1, -0.05) is 18.2 Å². The highest BCUT2D eigenvalue weighted by molar-refractivity contribution is 7.92. The highest BCUT2D eigenvalue weighted by Gasteiger charge is 2.11. The number of para-hydroxylation sites is 1. The van der Waals surface area contributed by atoms with Gasteiger partial charge in [0.2, 0.25) is 21.8 Å². The van der Waals surface area contributed by atoms with Crippen molar-refractivity contribution < 1.29 is 12.8 Å². The highest BCUT2D eigenvalue weighted by Crippen LogP contribution is 2.22. The lowest BCUT2D eigenvalue weighted by atomic mass is 10.1. The van der Waals surface area contributed by atoms with E-state index in [9.17, 15) is 8.42 Å². The Labute approximate surface area is 156 Å². The van der Waals surface area contributed by atoms with Crippen LogP contribution in [0.15, 0.2) is 59.1 Å². The van der Waals surface area contributed by atoms with Crippen LogP contribution in [0, 0.1) is 0 Å². The number of aryl methyl sites for hydroxylation is 2. The van der Waals surface area contributed by atoms with E-state index in [1.54, 1.807) is 24.3 Å². The molecule has 0 radical (unpaired) electrons. The van der Waals surface area contributed by atoms with Crippen LogP contribution in [0.5, 0.6) is 0 Å². The van der Waals surface area contributed by atoms with E-state index < -0.39 is 10.0 Å². The molecule has 2 N–H and O–H groups in total. The number of anilines is 1. The Kier molecular flexibility index (Phi) is 4.41. The first-order chi connectivity index (χ1) is 13.0. The number of nitrogens with zero attached hydrogens (tertiary/aromatic N) is 2. The lowest BCUT2D eigenvalue weighted by Gasteiger charge is -2.03. The number of aromatic nitrogens is 3. The van der Waals surface area contributed by atoms with Crippen molar-refractivity contribution in [3.05, 3.63) is 66.2 Å². The molecule has 0 unspecified atom stereocenters. The van der Waals surface area contributed by atoms with Gasteiger partial charge >= 0.3 is 0 Å². The van der Waals surface area contributed by atoms with Crippen molar-refractivity contribution in [3.63, 3.8) is 0 Å². The van der Waals surface area contributed by atoms with Crippen LogP contribution in [-0.2, 0) is 22.9 Å². The Hall–Kier alpha value is -3.13. The molecule has 0 saturated carbocycles. The van der Waals surface area contributed by atoms with E-state index in [2.05, 4.69) is 26.0 Å². The van der Waals surface area contributed by atoms with Crippen molar-refractivity contribution in [1.82, 2.24) is 15.2 Å². The standard InChI is InChI=1S/C19H18N4O3S/c1-27(24,25)23-15-9-6-13(7-10-15)19-22-21-18(26-19)11-8-14-12-20-17-5-3-2-4-16(14)17/h2-7,9-10,12,20,23H,8,11H2,1H3.